The number of guanidine groups is 1. The van der Waals surface area contributed by atoms with Crippen molar-refractivity contribution in [3.8, 4) is 0 Å². The van der Waals surface area contributed by atoms with Crippen molar-refractivity contribution in [2.24, 2.45) is 4.99 Å². The molecule has 132 valence electrons. The normalized spacial score (nSPS) is 17.6. The third kappa shape index (κ3) is 6.30. The number of halogens is 1. The second-order valence-corrected chi connectivity index (χ2v) is 8.85. The van der Waals surface area contributed by atoms with Crippen LogP contribution in [0, 0.1) is 0 Å². The van der Waals surface area contributed by atoms with Crippen LogP contribution in [-0.2, 0) is 6.54 Å². The minimum Gasteiger partial charge on any atom is -0.357 e. The van der Waals surface area contributed by atoms with E-state index in [1.54, 1.807) is 11.3 Å². The zero-order valence-electron chi connectivity index (χ0n) is 14.6. The summed E-state index contributed by atoms with van der Waals surface area (Å²) in [4.78, 5) is 13.8. The smallest absolute Gasteiger partial charge is 0.194 e. The molecular formula is C15H28IN5S2. The van der Waals surface area contributed by atoms with Crippen molar-refractivity contribution >= 4 is 58.2 Å². The monoisotopic (exact) mass is 469 g/mol. The van der Waals surface area contributed by atoms with Gasteiger partial charge in [0.2, 0.25) is 0 Å². The van der Waals surface area contributed by atoms with Gasteiger partial charge in [-0.15, -0.1) is 35.3 Å². The first-order chi connectivity index (χ1) is 10.4. The van der Waals surface area contributed by atoms with Crippen LogP contribution in [0.4, 0.5) is 5.13 Å². The Balaban J connectivity index is 0.00000264. The Bertz CT molecular complexity index is 516. The van der Waals surface area contributed by atoms with Crippen LogP contribution in [-0.4, -0.2) is 60.1 Å². The molecule has 2 rings (SSSR count). The molecule has 1 N–H and O–H groups in total. The summed E-state index contributed by atoms with van der Waals surface area (Å²) in [7, 11) is 4.03. The van der Waals surface area contributed by atoms with Gasteiger partial charge >= 0.3 is 0 Å². The minimum absolute atomic E-state index is 0. The van der Waals surface area contributed by atoms with Gasteiger partial charge < -0.3 is 15.1 Å². The summed E-state index contributed by atoms with van der Waals surface area (Å²) in [5, 5.41) is 6.55. The molecule has 0 radical (unpaired) electrons. The van der Waals surface area contributed by atoms with E-state index in [1.807, 2.05) is 30.8 Å². The number of hydrogen-bond donors (Lipinski definition) is 1. The Morgan fingerprint density at radius 3 is 2.78 bits per heavy atom. The maximum Gasteiger partial charge on any atom is 0.194 e. The fourth-order valence-corrected chi connectivity index (χ4v) is 4.21. The van der Waals surface area contributed by atoms with Crippen molar-refractivity contribution in [2.45, 2.75) is 32.1 Å². The number of anilines is 1. The van der Waals surface area contributed by atoms with Gasteiger partial charge in [-0.25, -0.2) is 9.98 Å². The van der Waals surface area contributed by atoms with E-state index < -0.39 is 0 Å². The molecule has 1 aromatic rings. The highest BCUT2D eigenvalue weighted by molar-refractivity contribution is 14.0. The van der Waals surface area contributed by atoms with Crippen LogP contribution in [0.15, 0.2) is 10.4 Å². The molecule has 0 saturated carbocycles. The van der Waals surface area contributed by atoms with E-state index in [0.717, 1.165) is 42.2 Å². The molecule has 0 atom stereocenters. The standard InChI is InChI=1S/C15H27N5S2.HI/c1-6-16-13(20-7-8-22-15(2,3)11-20)17-9-12-10-21-14(18-12)19(4)5;/h10H,6-9,11H2,1-5H3,(H,16,17);1H. The SMILES string of the molecule is CCNC(=NCc1csc(N(C)C)n1)N1CCSC(C)(C)C1.I. The van der Waals surface area contributed by atoms with Gasteiger partial charge in [-0.3, -0.25) is 0 Å². The molecule has 0 spiro atoms. The average Bonchev–Trinajstić information content (AvgIpc) is 2.91. The Hall–Kier alpha value is -0.220. The van der Waals surface area contributed by atoms with Crippen LogP contribution >= 0.6 is 47.1 Å². The molecule has 1 saturated heterocycles. The van der Waals surface area contributed by atoms with Gasteiger partial charge in [0.1, 0.15) is 0 Å². The molecule has 1 aromatic heterocycles. The maximum atomic E-state index is 4.79. The number of nitrogens with zero attached hydrogens (tertiary/aromatic N) is 4. The van der Waals surface area contributed by atoms with Gasteiger partial charge in [0.05, 0.1) is 12.2 Å². The number of thioether (sulfide) groups is 1. The molecular weight excluding hydrogens is 441 g/mol. The highest BCUT2D eigenvalue weighted by atomic mass is 127. The first-order valence-electron chi connectivity index (χ1n) is 7.70. The molecule has 0 unspecified atom stereocenters. The summed E-state index contributed by atoms with van der Waals surface area (Å²) in [6.45, 7) is 10.3. The maximum absolute atomic E-state index is 4.79. The lowest BCUT2D eigenvalue weighted by atomic mass is 10.2. The predicted octanol–water partition coefficient (Wildman–Crippen LogP) is 3.12. The highest BCUT2D eigenvalue weighted by Crippen LogP contribution is 2.29. The Labute approximate surface area is 165 Å². The van der Waals surface area contributed by atoms with Gasteiger partial charge in [0.15, 0.2) is 11.1 Å². The fourth-order valence-electron chi connectivity index (χ4n) is 2.35. The topological polar surface area (TPSA) is 43.8 Å². The molecule has 2 heterocycles. The van der Waals surface area contributed by atoms with Crippen LogP contribution in [0.25, 0.3) is 0 Å². The van der Waals surface area contributed by atoms with Crippen molar-refractivity contribution < 1.29 is 0 Å². The molecule has 0 bridgehead atoms. The second kappa shape index (κ2) is 9.31. The van der Waals surface area contributed by atoms with Crippen molar-refractivity contribution in [1.29, 1.82) is 0 Å². The molecule has 23 heavy (non-hydrogen) atoms. The lowest BCUT2D eigenvalue weighted by molar-refractivity contribution is 0.375. The summed E-state index contributed by atoms with van der Waals surface area (Å²) in [5.74, 6) is 2.16. The predicted molar refractivity (Wildman–Crippen MR) is 115 cm³/mol. The number of hydrogen-bond acceptors (Lipinski definition) is 5. The fraction of sp³-hybridized carbons (Fsp3) is 0.733. The molecule has 1 aliphatic heterocycles. The van der Waals surface area contributed by atoms with Crippen LogP contribution in [0.5, 0.6) is 0 Å². The Kier molecular flexibility index (Phi) is 8.43. The van der Waals surface area contributed by atoms with E-state index in [2.05, 4.69) is 41.4 Å². The van der Waals surface area contributed by atoms with E-state index in [0.29, 0.717) is 6.54 Å². The minimum atomic E-state index is 0. The van der Waals surface area contributed by atoms with Crippen molar-refractivity contribution in [3.05, 3.63) is 11.1 Å². The van der Waals surface area contributed by atoms with Crippen LogP contribution in [0.1, 0.15) is 26.5 Å². The highest BCUT2D eigenvalue weighted by Gasteiger charge is 2.28. The summed E-state index contributed by atoms with van der Waals surface area (Å²) >= 11 is 3.71. The summed E-state index contributed by atoms with van der Waals surface area (Å²) in [6.07, 6.45) is 0. The molecule has 0 aliphatic carbocycles. The number of aromatic nitrogens is 1. The molecule has 0 aromatic carbocycles. The number of aliphatic imine (C=N–C) groups is 1. The van der Waals surface area contributed by atoms with E-state index in [-0.39, 0.29) is 28.7 Å². The lowest BCUT2D eigenvalue weighted by Crippen LogP contribution is -2.50. The summed E-state index contributed by atoms with van der Waals surface area (Å²) < 4.78 is 0.285. The largest absolute Gasteiger partial charge is 0.357 e. The van der Waals surface area contributed by atoms with Crippen molar-refractivity contribution in [2.75, 3.05) is 44.4 Å². The summed E-state index contributed by atoms with van der Waals surface area (Å²) in [6, 6.07) is 0. The number of rotatable bonds is 4. The van der Waals surface area contributed by atoms with Crippen molar-refractivity contribution in [3.63, 3.8) is 0 Å². The van der Waals surface area contributed by atoms with Gasteiger partial charge in [0.25, 0.3) is 0 Å². The lowest BCUT2D eigenvalue weighted by Gasteiger charge is -2.39. The van der Waals surface area contributed by atoms with E-state index in [1.165, 1.54) is 0 Å². The molecule has 0 amide bonds. The molecule has 5 nitrogen and oxygen atoms in total. The van der Waals surface area contributed by atoms with Crippen LogP contribution < -0.4 is 10.2 Å². The van der Waals surface area contributed by atoms with Crippen LogP contribution in [0.2, 0.25) is 0 Å². The molecule has 8 heteroatoms. The Morgan fingerprint density at radius 1 is 1.48 bits per heavy atom. The summed E-state index contributed by atoms with van der Waals surface area (Å²) in [5.41, 5.74) is 1.04. The van der Waals surface area contributed by atoms with E-state index >= 15 is 0 Å². The third-order valence-corrected chi connectivity index (χ3v) is 5.73. The average molecular weight is 469 g/mol. The van der Waals surface area contributed by atoms with E-state index in [4.69, 9.17) is 4.99 Å². The Morgan fingerprint density at radius 2 is 2.22 bits per heavy atom. The zero-order chi connectivity index (χ0) is 16.2. The number of nitrogens with one attached hydrogen (secondary N) is 1. The third-order valence-electron chi connectivity index (χ3n) is 3.37. The first kappa shape index (κ1) is 20.8. The molecule has 1 aliphatic rings. The van der Waals surface area contributed by atoms with E-state index in [9.17, 15) is 0 Å². The zero-order valence-corrected chi connectivity index (χ0v) is 18.6. The van der Waals surface area contributed by atoms with Crippen molar-refractivity contribution in [1.82, 2.24) is 15.2 Å². The van der Waals surface area contributed by atoms with Gasteiger partial charge in [-0.05, 0) is 20.8 Å². The van der Waals surface area contributed by atoms with Gasteiger partial charge in [0, 0.05) is 49.6 Å². The second-order valence-electron chi connectivity index (χ2n) is 6.22. The number of thiazole rings is 1. The first-order valence-corrected chi connectivity index (χ1v) is 9.57. The van der Waals surface area contributed by atoms with Crippen LogP contribution in [0.3, 0.4) is 0 Å². The van der Waals surface area contributed by atoms with Gasteiger partial charge in [-0.1, -0.05) is 0 Å². The molecule has 1 fully saturated rings. The van der Waals surface area contributed by atoms with Gasteiger partial charge in [-0.2, -0.15) is 11.8 Å². The quantitative estimate of drug-likeness (QED) is 0.417.